The number of aliphatic hydroxyl groups is 1. The van der Waals surface area contributed by atoms with Gasteiger partial charge in [0.05, 0.1) is 51.5 Å². The van der Waals surface area contributed by atoms with E-state index < -0.39 is 178 Å². The molecular weight excluding hydrogens is 1090 g/mol. The van der Waals surface area contributed by atoms with Gasteiger partial charge in [-0.15, -0.1) is 0 Å². The zero-order valence-electron chi connectivity index (χ0n) is 46.7. The highest BCUT2D eigenvalue weighted by atomic mass is 16.7. The van der Waals surface area contributed by atoms with Crippen LogP contribution in [0.4, 0.5) is 0 Å². The van der Waals surface area contributed by atoms with Crippen LogP contribution in [0, 0.1) is 11.8 Å². The van der Waals surface area contributed by atoms with E-state index in [-0.39, 0.29) is 65.4 Å². The van der Waals surface area contributed by atoms with Gasteiger partial charge in [0.2, 0.25) is 29.5 Å². The maximum absolute atomic E-state index is 13.6. The first kappa shape index (κ1) is 69.3. The molecule has 8 N–H and O–H groups in total. The van der Waals surface area contributed by atoms with Crippen LogP contribution >= 0.6 is 0 Å². The first-order valence-electron chi connectivity index (χ1n) is 26.3. The summed E-state index contributed by atoms with van der Waals surface area (Å²) in [6, 6.07) is 8.20. The lowest BCUT2D eigenvalue weighted by Gasteiger charge is -2.44. The number of benzene rings is 1. The van der Waals surface area contributed by atoms with Gasteiger partial charge in [0.15, 0.2) is 24.8 Å². The quantitative estimate of drug-likeness (QED) is 0.0234. The Bertz CT molecular complexity index is 2260. The van der Waals surface area contributed by atoms with Gasteiger partial charge < -0.3 is 94.1 Å². The Kier molecular flexibility index (Phi) is 31.5. The maximum atomic E-state index is 13.6. The van der Waals surface area contributed by atoms with Crippen molar-refractivity contribution in [2.45, 2.75) is 142 Å². The first-order valence-corrected chi connectivity index (χ1v) is 26.3. The molecule has 2 aliphatic heterocycles. The highest BCUT2D eigenvalue weighted by molar-refractivity contribution is 5.88. The van der Waals surface area contributed by atoms with Crippen molar-refractivity contribution in [2.24, 2.45) is 23.3 Å². The molecule has 0 bridgehead atoms. The third-order valence-electron chi connectivity index (χ3n) is 11.8. The molecule has 0 radical (unpaired) electrons. The molecule has 82 heavy (non-hydrogen) atoms. The van der Waals surface area contributed by atoms with Gasteiger partial charge in [-0.2, -0.15) is 0 Å². The SMILES string of the molecule is CC(=O)OC[C@H]1O[C@@H](OCC(=O)NCCCC[C@H](NC(=O)CO[C@@H]2O[C@H](COC(C)=O)[C@H](OC(C)=O)[C@H](OC(C)=O)[C@H]2CC(N)=O)C(=O)NCCOCCOC[C@H](O)COCc2ccccc2)[C@H](CC(N)=O)[C@@H](OC(C)=O)[C@H]1OC(C)=O. The Morgan fingerprint density at radius 1 is 0.561 bits per heavy atom. The second-order valence-electron chi connectivity index (χ2n) is 18.9. The molecule has 5 amide bonds. The molecule has 0 saturated carbocycles. The molecule has 30 heteroatoms. The monoisotopic (exact) mass is 1170 g/mol. The van der Waals surface area contributed by atoms with E-state index in [0.29, 0.717) is 6.61 Å². The van der Waals surface area contributed by atoms with Gasteiger partial charge in [0.25, 0.3) is 0 Å². The third kappa shape index (κ3) is 27.2. The van der Waals surface area contributed by atoms with Crippen LogP contribution < -0.4 is 27.4 Å². The number of primary amides is 2. The number of nitrogens with two attached hydrogens (primary N) is 2. The normalized spacial score (nSPS) is 22.9. The summed E-state index contributed by atoms with van der Waals surface area (Å²) in [5.74, 6) is -11.3. The van der Waals surface area contributed by atoms with Crippen LogP contribution in [0.1, 0.15) is 79.2 Å². The van der Waals surface area contributed by atoms with E-state index in [1.54, 1.807) is 0 Å². The molecule has 0 aliphatic carbocycles. The molecule has 2 saturated heterocycles. The minimum Gasteiger partial charge on any atom is -0.463 e. The van der Waals surface area contributed by atoms with Crippen LogP contribution in [0.2, 0.25) is 0 Å². The Morgan fingerprint density at radius 3 is 1.52 bits per heavy atom. The summed E-state index contributed by atoms with van der Waals surface area (Å²) in [5, 5.41) is 18.1. The van der Waals surface area contributed by atoms with Gasteiger partial charge >= 0.3 is 35.8 Å². The number of hydrogen-bond acceptors (Lipinski definition) is 25. The van der Waals surface area contributed by atoms with Crippen molar-refractivity contribution in [1.82, 2.24) is 16.0 Å². The molecule has 0 aromatic heterocycles. The number of unbranched alkanes of at least 4 members (excludes halogenated alkanes) is 1. The molecule has 3 rings (SSSR count). The van der Waals surface area contributed by atoms with Gasteiger partial charge in [-0.3, -0.25) is 52.7 Å². The van der Waals surface area contributed by atoms with E-state index in [2.05, 4.69) is 16.0 Å². The molecule has 2 heterocycles. The predicted octanol–water partition coefficient (Wildman–Crippen LogP) is -2.20. The number of rotatable bonds is 37. The van der Waals surface area contributed by atoms with Crippen molar-refractivity contribution in [2.75, 3.05) is 72.6 Å². The van der Waals surface area contributed by atoms with Gasteiger partial charge in [0.1, 0.15) is 63.0 Å². The number of amides is 5. The minimum atomic E-state index is -1.57. The zero-order valence-corrected chi connectivity index (χ0v) is 46.7. The highest BCUT2D eigenvalue weighted by Crippen LogP contribution is 2.35. The summed E-state index contributed by atoms with van der Waals surface area (Å²) in [4.78, 5) is 137. The lowest BCUT2D eigenvalue weighted by Crippen LogP contribution is -2.60. The number of carbonyl (C=O) groups excluding carboxylic acids is 11. The first-order chi connectivity index (χ1) is 38.9. The average molecular weight is 1170 g/mol. The molecule has 12 atom stereocenters. The van der Waals surface area contributed by atoms with Crippen molar-refractivity contribution < 1.29 is 119 Å². The van der Waals surface area contributed by atoms with E-state index in [1.165, 1.54) is 0 Å². The summed E-state index contributed by atoms with van der Waals surface area (Å²) >= 11 is 0. The molecule has 0 unspecified atom stereocenters. The van der Waals surface area contributed by atoms with E-state index in [1.807, 2.05) is 30.3 Å². The standard InChI is InChI=1S/C52H77N5O25/c1-29(58)73-25-40-48(79-33(5)62)46(77-31(3)60)37(20-42(53)65)51(81-40)75-27-44(67)55-15-11-10-14-39(50(69)56-16-17-70-18-19-71-23-36(64)24-72-22-35-12-8-7-9-13-35)57-45(68)28-76-52-38(21-43(54)66)47(78-32(4)61)49(80-34(6)63)41(82-52)26-74-30(2)59/h7-9,12-13,36-41,46-49,51-52,64H,10-11,14-28H2,1-6H3,(H2,53,65)(H2,54,66)(H,55,67)(H,56,69)(H,57,68)/t36-,37+,38+,39-,40+,41+,46+,47+,48-,49-,51+,52+/m0/s1. The number of ether oxygens (including phenoxy) is 13. The fourth-order valence-electron chi connectivity index (χ4n) is 8.48. The summed E-state index contributed by atoms with van der Waals surface area (Å²) in [6.07, 6.45) is -12.9. The minimum absolute atomic E-state index is 0.00374. The second-order valence-corrected chi connectivity index (χ2v) is 18.9. The summed E-state index contributed by atoms with van der Waals surface area (Å²) in [6.45, 7) is 4.49. The number of carbonyl (C=O) groups is 11. The second kappa shape index (κ2) is 37.2. The van der Waals surface area contributed by atoms with E-state index in [0.717, 1.165) is 47.1 Å². The lowest BCUT2D eigenvalue weighted by atomic mass is 9.87. The number of aliphatic hydroxyl groups excluding tert-OH is 1. The van der Waals surface area contributed by atoms with Crippen molar-refractivity contribution in [1.29, 1.82) is 0 Å². The van der Waals surface area contributed by atoms with Crippen molar-refractivity contribution in [3.05, 3.63) is 35.9 Å². The van der Waals surface area contributed by atoms with Gasteiger partial charge in [-0.25, -0.2) is 0 Å². The van der Waals surface area contributed by atoms with Crippen molar-refractivity contribution in [3.63, 3.8) is 0 Å². The van der Waals surface area contributed by atoms with Crippen LogP contribution in [-0.2, 0) is 121 Å². The van der Waals surface area contributed by atoms with Crippen LogP contribution in [0.5, 0.6) is 0 Å². The Hall–Kier alpha value is -6.93. The summed E-state index contributed by atoms with van der Waals surface area (Å²) in [7, 11) is 0. The fourth-order valence-corrected chi connectivity index (χ4v) is 8.48. The van der Waals surface area contributed by atoms with Crippen LogP contribution in [-0.4, -0.2) is 204 Å². The molecule has 2 fully saturated rings. The van der Waals surface area contributed by atoms with E-state index >= 15 is 0 Å². The number of nitrogens with one attached hydrogen (secondary N) is 3. The largest absolute Gasteiger partial charge is 0.463 e. The molecule has 1 aromatic rings. The molecule has 30 nitrogen and oxygen atoms in total. The lowest BCUT2D eigenvalue weighted by molar-refractivity contribution is -0.290. The Morgan fingerprint density at radius 2 is 1.04 bits per heavy atom. The topological polar surface area (TPSA) is 416 Å². The molecule has 2 aliphatic rings. The van der Waals surface area contributed by atoms with Gasteiger partial charge in [-0.05, 0) is 24.8 Å². The highest BCUT2D eigenvalue weighted by Gasteiger charge is 2.53. The molecular formula is C52H77N5O25. The number of esters is 6. The molecule has 0 spiro atoms. The van der Waals surface area contributed by atoms with Crippen LogP contribution in [0.3, 0.4) is 0 Å². The average Bonchev–Trinajstić information content (AvgIpc) is 3.56. The van der Waals surface area contributed by atoms with Crippen LogP contribution in [0.15, 0.2) is 30.3 Å². The van der Waals surface area contributed by atoms with Gasteiger partial charge in [0, 0.05) is 67.5 Å². The van der Waals surface area contributed by atoms with Crippen molar-refractivity contribution >= 4 is 65.4 Å². The van der Waals surface area contributed by atoms with Crippen molar-refractivity contribution in [3.8, 4) is 0 Å². The Labute approximate surface area is 473 Å². The zero-order chi connectivity index (χ0) is 60.7. The van der Waals surface area contributed by atoms with Gasteiger partial charge in [-0.1, -0.05) is 30.3 Å². The molecule has 1 aromatic carbocycles. The fraction of sp³-hybridized carbons (Fsp3) is 0.673. The summed E-state index contributed by atoms with van der Waals surface area (Å²) < 4.78 is 71.9. The van der Waals surface area contributed by atoms with E-state index in [9.17, 15) is 57.8 Å². The summed E-state index contributed by atoms with van der Waals surface area (Å²) in [5.41, 5.74) is 12.0. The van der Waals surface area contributed by atoms with E-state index in [4.69, 9.17) is 73.0 Å². The third-order valence-corrected chi connectivity index (χ3v) is 11.8. The molecule has 460 valence electrons. The Balaban J connectivity index is 1.67. The maximum Gasteiger partial charge on any atom is 0.303 e. The van der Waals surface area contributed by atoms with Crippen LogP contribution in [0.25, 0.3) is 0 Å². The smallest absolute Gasteiger partial charge is 0.303 e. The number of hydrogen-bond donors (Lipinski definition) is 6. The predicted molar refractivity (Wildman–Crippen MR) is 275 cm³/mol.